The molecular formula is C11H21NS. The second-order valence-corrected chi connectivity index (χ2v) is 6.37. The Balaban J connectivity index is 1.84. The summed E-state index contributed by atoms with van der Waals surface area (Å²) in [4.78, 5) is 0.510. The molecule has 1 heterocycles. The van der Waals surface area contributed by atoms with Crippen LogP contribution >= 0.6 is 11.8 Å². The van der Waals surface area contributed by atoms with Crippen molar-refractivity contribution in [2.24, 2.45) is 11.8 Å². The fourth-order valence-corrected chi connectivity index (χ4v) is 4.18. The van der Waals surface area contributed by atoms with Crippen LogP contribution in [0.1, 0.15) is 40.0 Å². The molecule has 13 heavy (non-hydrogen) atoms. The van der Waals surface area contributed by atoms with Gasteiger partial charge in [0.15, 0.2) is 0 Å². The zero-order chi connectivity index (χ0) is 9.47. The van der Waals surface area contributed by atoms with Crippen molar-refractivity contribution in [3.63, 3.8) is 0 Å². The molecule has 76 valence electrons. The van der Waals surface area contributed by atoms with Crippen LogP contribution in [0.2, 0.25) is 0 Å². The standard InChI is InChI=1S/C11H21NS/c1-4-10-7-13-11(12-10)5-9(6-11)8(2)3/h8-10,12H,4-7H2,1-3H3. The molecule has 1 saturated carbocycles. The molecule has 0 bridgehead atoms. The second kappa shape index (κ2) is 3.47. The minimum Gasteiger partial charge on any atom is -0.299 e. The molecule has 2 aliphatic rings. The third-order valence-electron chi connectivity index (χ3n) is 3.65. The zero-order valence-corrected chi connectivity index (χ0v) is 9.79. The third-order valence-corrected chi connectivity index (χ3v) is 5.22. The molecule has 0 aromatic heterocycles. The molecule has 1 aliphatic heterocycles. The van der Waals surface area contributed by atoms with E-state index >= 15 is 0 Å². The van der Waals surface area contributed by atoms with Crippen LogP contribution < -0.4 is 5.32 Å². The van der Waals surface area contributed by atoms with Gasteiger partial charge in [-0.3, -0.25) is 5.32 Å². The first-order valence-electron chi connectivity index (χ1n) is 5.57. The highest BCUT2D eigenvalue weighted by Crippen LogP contribution is 2.52. The molecule has 0 aromatic rings. The number of hydrogen-bond donors (Lipinski definition) is 1. The van der Waals surface area contributed by atoms with Gasteiger partial charge in [0.25, 0.3) is 0 Å². The lowest BCUT2D eigenvalue weighted by Gasteiger charge is -2.47. The molecule has 1 atom stereocenters. The number of nitrogens with one attached hydrogen (secondary N) is 1. The summed E-state index contributed by atoms with van der Waals surface area (Å²) in [6.07, 6.45) is 4.11. The molecule has 1 unspecified atom stereocenters. The summed E-state index contributed by atoms with van der Waals surface area (Å²) in [5.41, 5.74) is 0. The van der Waals surface area contributed by atoms with E-state index in [2.05, 4.69) is 37.8 Å². The van der Waals surface area contributed by atoms with E-state index in [9.17, 15) is 0 Å². The normalized spacial score (nSPS) is 44.3. The Kier molecular flexibility index (Phi) is 2.63. The summed E-state index contributed by atoms with van der Waals surface area (Å²) < 4.78 is 0. The molecule has 0 amide bonds. The average molecular weight is 199 g/mol. The predicted octanol–water partition coefficient (Wildman–Crippen LogP) is 2.86. The van der Waals surface area contributed by atoms with Gasteiger partial charge in [-0.1, -0.05) is 20.8 Å². The first kappa shape index (κ1) is 9.85. The molecular weight excluding hydrogens is 178 g/mol. The molecule has 1 spiro atoms. The highest BCUT2D eigenvalue weighted by atomic mass is 32.2. The zero-order valence-electron chi connectivity index (χ0n) is 8.97. The topological polar surface area (TPSA) is 12.0 Å². The Morgan fingerprint density at radius 1 is 1.46 bits per heavy atom. The van der Waals surface area contributed by atoms with E-state index in [1.54, 1.807) is 0 Å². The Bertz CT molecular complexity index is 185. The van der Waals surface area contributed by atoms with E-state index in [0.29, 0.717) is 4.87 Å². The van der Waals surface area contributed by atoms with Crippen molar-refractivity contribution >= 4 is 11.8 Å². The SMILES string of the molecule is CCC1CSC2(CC(C(C)C)C2)N1. The summed E-state index contributed by atoms with van der Waals surface area (Å²) >= 11 is 2.17. The monoisotopic (exact) mass is 199 g/mol. The van der Waals surface area contributed by atoms with Crippen LogP contribution in [0, 0.1) is 11.8 Å². The van der Waals surface area contributed by atoms with Gasteiger partial charge in [0, 0.05) is 11.8 Å². The summed E-state index contributed by atoms with van der Waals surface area (Å²) in [5.74, 6) is 3.20. The van der Waals surface area contributed by atoms with Gasteiger partial charge in [0.1, 0.15) is 0 Å². The average Bonchev–Trinajstić information content (AvgIpc) is 2.44. The van der Waals surface area contributed by atoms with Crippen LogP contribution in [0.3, 0.4) is 0 Å². The van der Waals surface area contributed by atoms with E-state index in [4.69, 9.17) is 0 Å². The predicted molar refractivity (Wildman–Crippen MR) is 60.0 cm³/mol. The molecule has 2 rings (SSSR count). The molecule has 1 N–H and O–H groups in total. The Labute approximate surface area is 86.0 Å². The van der Waals surface area contributed by atoms with Crippen molar-refractivity contribution in [3.8, 4) is 0 Å². The maximum Gasteiger partial charge on any atom is 0.0653 e. The number of hydrogen-bond acceptors (Lipinski definition) is 2. The summed E-state index contributed by atoms with van der Waals surface area (Å²) in [7, 11) is 0. The third kappa shape index (κ3) is 1.75. The minimum absolute atomic E-state index is 0.510. The van der Waals surface area contributed by atoms with Crippen LogP contribution in [0.15, 0.2) is 0 Å². The summed E-state index contributed by atoms with van der Waals surface area (Å²) in [6, 6.07) is 0.790. The van der Waals surface area contributed by atoms with Gasteiger partial charge in [0.05, 0.1) is 4.87 Å². The van der Waals surface area contributed by atoms with E-state index in [1.807, 2.05) is 0 Å². The highest BCUT2D eigenvalue weighted by Gasteiger charge is 2.49. The van der Waals surface area contributed by atoms with Crippen molar-refractivity contribution < 1.29 is 0 Å². The maximum absolute atomic E-state index is 3.80. The first-order chi connectivity index (χ1) is 6.15. The van der Waals surface area contributed by atoms with Gasteiger partial charge in [-0.15, -0.1) is 11.8 Å². The molecule has 0 aromatic carbocycles. The lowest BCUT2D eigenvalue weighted by atomic mass is 9.73. The Morgan fingerprint density at radius 2 is 2.15 bits per heavy atom. The largest absolute Gasteiger partial charge is 0.299 e. The van der Waals surface area contributed by atoms with Crippen LogP contribution in [0.25, 0.3) is 0 Å². The van der Waals surface area contributed by atoms with Crippen molar-refractivity contribution in [2.75, 3.05) is 5.75 Å². The van der Waals surface area contributed by atoms with E-state index in [1.165, 1.54) is 25.0 Å². The lowest BCUT2D eigenvalue weighted by Crippen LogP contribution is -2.52. The van der Waals surface area contributed by atoms with E-state index in [-0.39, 0.29) is 0 Å². The van der Waals surface area contributed by atoms with Crippen LogP contribution in [0.5, 0.6) is 0 Å². The summed E-state index contributed by atoms with van der Waals surface area (Å²) in [5, 5.41) is 3.80. The minimum atomic E-state index is 0.510. The van der Waals surface area contributed by atoms with Gasteiger partial charge >= 0.3 is 0 Å². The lowest BCUT2D eigenvalue weighted by molar-refractivity contribution is 0.142. The second-order valence-electron chi connectivity index (χ2n) is 4.97. The molecule has 0 radical (unpaired) electrons. The van der Waals surface area contributed by atoms with E-state index < -0.39 is 0 Å². The van der Waals surface area contributed by atoms with E-state index in [0.717, 1.165) is 17.9 Å². The fourth-order valence-electron chi connectivity index (χ4n) is 2.43. The fraction of sp³-hybridized carbons (Fsp3) is 1.00. The molecule has 1 aliphatic carbocycles. The van der Waals surface area contributed by atoms with Crippen molar-refractivity contribution in [1.29, 1.82) is 0 Å². The number of thioether (sulfide) groups is 1. The first-order valence-corrected chi connectivity index (χ1v) is 6.55. The maximum atomic E-state index is 3.80. The molecule has 1 saturated heterocycles. The van der Waals surface area contributed by atoms with Crippen LogP contribution in [-0.2, 0) is 0 Å². The van der Waals surface area contributed by atoms with Crippen molar-refractivity contribution in [2.45, 2.75) is 50.9 Å². The van der Waals surface area contributed by atoms with Crippen LogP contribution in [0.4, 0.5) is 0 Å². The van der Waals surface area contributed by atoms with Gasteiger partial charge in [-0.25, -0.2) is 0 Å². The van der Waals surface area contributed by atoms with Crippen molar-refractivity contribution in [1.82, 2.24) is 5.32 Å². The summed E-state index contributed by atoms with van der Waals surface area (Å²) in [6.45, 7) is 7.00. The Hall–Kier alpha value is 0.310. The molecule has 2 heteroatoms. The van der Waals surface area contributed by atoms with Gasteiger partial charge < -0.3 is 0 Å². The van der Waals surface area contributed by atoms with Crippen molar-refractivity contribution in [3.05, 3.63) is 0 Å². The molecule has 1 nitrogen and oxygen atoms in total. The highest BCUT2D eigenvalue weighted by molar-refractivity contribution is 8.01. The number of rotatable bonds is 2. The van der Waals surface area contributed by atoms with Gasteiger partial charge in [0.2, 0.25) is 0 Å². The quantitative estimate of drug-likeness (QED) is 0.734. The van der Waals surface area contributed by atoms with Crippen LogP contribution in [-0.4, -0.2) is 16.7 Å². The molecule has 2 fully saturated rings. The van der Waals surface area contributed by atoms with Gasteiger partial charge in [-0.05, 0) is 31.1 Å². The Morgan fingerprint density at radius 3 is 2.62 bits per heavy atom. The van der Waals surface area contributed by atoms with Gasteiger partial charge in [-0.2, -0.15) is 0 Å². The smallest absolute Gasteiger partial charge is 0.0653 e.